The summed E-state index contributed by atoms with van der Waals surface area (Å²) in [6.45, 7) is 2.10. The molecule has 15 heavy (non-hydrogen) atoms. The summed E-state index contributed by atoms with van der Waals surface area (Å²) in [5, 5.41) is 2.15. The molecule has 0 aliphatic carbocycles. The lowest BCUT2D eigenvalue weighted by atomic mass is 10.3. The van der Waals surface area contributed by atoms with E-state index in [9.17, 15) is 0 Å². The first-order valence-electron chi connectivity index (χ1n) is 4.33. The summed E-state index contributed by atoms with van der Waals surface area (Å²) < 4.78 is 1.87. The third-order valence-corrected chi connectivity index (χ3v) is 5.00. The first kappa shape index (κ1) is 11.4. The highest BCUT2D eigenvalue weighted by atomic mass is 79.9. The predicted molar refractivity (Wildman–Crippen MR) is 75.0 cm³/mol. The van der Waals surface area contributed by atoms with Crippen molar-refractivity contribution in [3.8, 4) is 0 Å². The van der Waals surface area contributed by atoms with Gasteiger partial charge in [0.25, 0.3) is 0 Å². The Hall–Kier alpha value is -0.0900. The zero-order valence-electron chi connectivity index (χ0n) is 7.96. The molecule has 2 heterocycles. The maximum absolute atomic E-state index is 5.91. The van der Waals surface area contributed by atoms with Gasteiger partial charge in [-0.1, -0.05) is 11.6 Å². The lowest BCUT2D eigenvalue weighted by Gasteiger charge is -1.86. The van der Waals surface area contributed by atoms with Gasteiger partial charge in [-0.05, 0) is 58.1 Å². The average molecular weight is 320 g/mol. The van der Waals surface area contributed by atoms with Gasteiger partial charge in [-0.25, -0.2) is 0 Å². The molecule has 78 valence electrons. The molecular weight excluding hydrogens is 312 g/mol. The van der Waals surface area contributed by atoms with Gasteiger partial charge < -0.3 is 0 Å². The largest absolute Gasteiger partial charge is 0.144 e. The van der Waals surface area contributed by atoms with Crippen molar-refractivity contribution in [3.05, 3.63) is 41.6 Å². The molecule has 0 saturated carbocycles. The SMILES string of the molecule is Cc1csc(/C=C/c2sc(Cl)cc2Br)c1. The van der Waals surface area contributed by atoms with Gasteiger partial charge in [-0.15, -0.1) is 22.7 Å². The Balaban J connectivity index is 2.21. The zero-order valence-corrected chi connectivity index (χ0v) is 11.9. The molecule has 0 amide bonds. The summed E-state index contributed by atoms with van der Waals surface area (Å²) in [5.41, 5.74) is 1.31. The van der Waals surface area contributed by atoms with Crippen molar-refractivity contribution in [1.29, 1.82) is 0 Å². The predicted octanol–water partition coefficient (Wildman–Crippen LogP) is 5.70. The fourth-order valence-corrected chi connectivity index (χ4v) is 3.88. The van der Waals surface area contributed by atoms with Gasteiger partial charge in [0.1, 0.15) is 0 Å². The molecule has 0 spiro atoms. The van der Waals surface area contributed by atoms with Gasteiger partial charge in [-0.3, -0.25) is 0 Å². The molecule has 0 atom stereocenters. The molecular formula is C11H8BrClS2. The Morgan fingerprint density at radius 3 is 2.67 bits per heavy atom. The normalized spacial score (nSPS) is 11.4. The van der Waals surface area contributed by atoms with E-state index in [0.29, 0.717) is 0 Å². The van der Waals surface area contributed by atoms with Crippen molar-refractivity contribution in [2.24, 2.45) is 0 Å². The second-order valence-electron chi connectivity index (χ2n) is 3.12. The molecule has 0 aromatic carbocycles. The quantitative estimate of drug-likeness (QED) is 0.665. The standard InChI is InChI=1S/C11H8BrClS2/c1-7-4-8(14-6-7)2-3-10-9(12)5-11(13)15-10/h2-6H,1H3/b3-2+. The van der Waals surface area contributed by atoms with Crippen LogP contribution in [0.4, 0.5) is 0 Å². The number of hydrogen-bond acceptors (Lipinski definition) is 2. The molecule has 0 bridgehead atoms. The third kappa shape index (κ3) is 2.94. The molecule has 0 unspecified atom stereocenters. The number of aryl methyl sites for hydroxylation is 1. The average Bonchev–Trinajstić information content (AvgIpc) is 2.70. The lowest BCUT2D eigenvalue weighted by molar-refractivity contribution is 1.55. The Morgan fingerprint density at radius 2 is 2.13 bits per heavy atom. The third-order valence-electron chi connectivity index (χ3n) is 1.83. The number of halogens is 2. The van der Waals surface area contributed by atoms with Gasteiger partial charge in [0.2, 0.25) is 0 Å². The highest BCUT2D eigenvalue weighted by Crippen LogP contribution is 2.32. The molecule has 0 fully saturated rings. The highest BCUT2D eigenvalue weighted by molar-refractivity contribution is 9.10. The van der Waals surface area contributed by atoms with Crippen LogP contribution in [0, 0.1) is 6.92 Å². The number of thiophene rings is 2. The molecule has 0 N–H and O–H groups in total. The summed E-state index contributed by atoms with van der Waals surface area (Å²) in [5.74, 6) is 0. The van der Waals surface area contributed by atoms with Crippen molar-refractivity contribution in [3.63, 3.8) is 0 Å². The highest BCUT2D eigenvalue weighted by Gasteiger charge is 2.01. The van der Waals surface area contributed by atoms with Gasteiger partial charge in [0.15, 0.2) is 0 Å². The molecule has 0 radical (unpaired) electrons. The van der Waals surface area contributed by atoms with E-state index in [-0.39, 0.29) is 0 Å². The van der Waals surface area contributed by atoms with Crippen LogP contribution in [0.15, 0.2) is 22.0 Å². The second kappa shape index (κ2) is 4.83. The van der Waals surface area contributed by atoms with E-state index in [4.69, 9.17) is 11.6 Å². The number of rotatable bonds is 2. The minimum absolute atomic E-state index is 0.809. The fraction of sp³-hybridized carbons (Fsp3) is 0.0909. The lowest BCUT2D eigenvalue weighted by Crippen LogP contribution is -1.62. The van der Waals surface area contributed by atoms with Crippen molar-refractivity contribution >= 4 is 62.4 Å². The summed E-state index contributed by atoms with van der Waals surface area (Å²) in [6, 6.07) is 4.09. The van der Waals surface area contributed by atoms with Crippen LogP contribution in [0.5, 0.6) is 0 Å². The zero-order chi connectivity index (χ0) is 10.8. The van der Waals surface area contributed by atoms with Crippen molar-refractivity contribution in [2.75, 3.05) is 0 Å². The smallest absolute Gasteiger partial charge is 0.0946 e. The van der Waals surface area contributed by atoms with Crippen LogP contribution in [0.25, 0.3) is 12.2 Å². The van der Waals surface area contributed by atoms with Gasteiger partial charge >= 0.3 is 0 Å². The first-order valence-corrected chi connectivity index (χ1v) is 7.20. The van der Waals surface area contributed by atoms with Gasteiger partial charge in [0.05, 0.1) is 4.34 Å². The Bertz CT molecular complexity index is 496. The second-order valence-corrected chi connectivity index (χ2v) is 6.63. The molecule has 2 rings (SSSR count). The molecule has 0 aliphatic rings. The maximum Gasteiger partial charge on any atom is 0.0946 e. The van der Waals surface area contributed by atoms with Crippen LogP contribution in [0.2, 0.25) is 4.34 Å². The van der Waals surface area contributed by atoms with Crippen LogP contribution < -0.4 is 0 Å². The Kier molecular flexibility index (Phi) is 3.67. The van der Waals surface area contributed by atoms with Crippen LogP contribution in [0.1, 0.15) is 15.3 Å². The van der Waals surface area contributed by atoms with E-state index in [1.807, 2.05) is 6.07 Å². The Morgan fingerprint density at radius 1 is 1.33 bits per heavy atom. The van der Waals surface area contributed by atoms with Crippen LogP contribution in [-0.2, 0) is 0 Å². The molecule has 0 aliphatic heterocycles. The minimum atomic E-state index is 0.809. The van der Waals surface area contributed by atoms with Crippen molar-refractivity contribution < 1.29 is 0 Å². The Labute approximate surface area is 110 Å². The topological polar surface area (TPSA) is 0 Å². The monoisotopic (exact) mass is 318 g/mol. The van der Waals surface area contributed by atoms with Crippen LogP contribution >= 0.6 is 50.2 Å². The first-order chi connectivity index (χ1) is 7.15. The van der Waals surface area contributed by atoms with E-state index in [1.165, 1.54) is 10.4 Å². The minimum Gasteiger partial charge on any atom is -0.144 e. The van der Waals surface area contributed by atoms with Crippen molar-refractivity contribution in [1.82, 2.24) is 0 Å². The van der Waals surface area contributed by atoms with Crippen LogP contribution in [-0.4, -0.2) is 0 Å². The van der Waals surface area contributed by atoms with E-state index in [0.717, 1.165) is 13.7 Å². The summed E-state index contributed by atoms with van der Waals surface area (Å²) >= 11 is 12.7. The van der Waals surface area contributed by atoms with E-state index in [2.05, 4.69) is 46.5 Å². The number of hydrogen-bond donors (Lipinski definition) is 0. The molecule has 0 saturated heterocycles. The summed E-state index contributed by atoms with van der Waals surface area (Å²) in [7, 11) is 0. The summed E-state index contributed by atoms with van der Waals surface area (Å²) in [6.07, 6.45) is 4.20. The molecule has 2 aromatic heterocycles. The van der Waals surface area contributed by atoms with E-state index >= 15 is 0 Å². The van der Waals surface area contributed by atoms with Crippen LogP contribution in [0.3, 0.4) is 0 Å². The molecule has 0 nitrogen and oxygen atoms in total. The van der Waals surface area contributed by atoms with E-state index < -0.39 is 0 Å². The van der Waals surface area contributed by atoms with Gasteiger partial charge in [0, 0.05) is 14.2 Å². The molecule has 4 heteroatoms. The fourth-order valence-electron chi connectivity index (χ4n) is 1.17. The van der Waals surface area contributed by atoms with Crippen molar-refractivity contribution in [2.45, 2.75) is 6.92 Å². The molecule has 2 aromatic rings. The van der Waals surface area contributed by atoms with E-state index in [1.54, 1.807) is 22.7 Å². The maximum atomic E-state index is 5.91. The van der Waals surface area contributed by atoms with Gasteiger partial charge in [-0.2, -0.15) is 0 Å². The summed E-state index contributed by atoms with van der Waals surface area (Å²) in [4.78, 5) is 2.43.